The number of likely N-dealkylation sites (N-methyl/N-ethyl adjacent to an activating group) is 2. The monoisotopic (exact) mass is 1140 g/mol. The number of pyridine rings is 2. The molecule has 4 aliphatic heterocycles. The molecule has 8 heterocycles. The Bertz CT molecular complexity index is 3260. The van der Waals surface area contributed by atoms with Crippen molar-refractivity contribution in [2.45, 2.75) is 101 Å². The lowest BCUT2D eigenvalue weighted by Gasteiger charge is -2.35. The van der Waals surface area contributed by atoms with E-state index in [0.717, 1.165) is 22.5 Å². The van der Waals surface area contributed by atoms with Gasteiger partial charge in [0.1, 0.15) is 23.4 Å². The van der Waals surface area contributed by atoms with Crippen LogP contribution in [-0.2, 0) is 28.7 Å². The number of aromatic nitrogens is 4. The second-order valence-electron chi connectivity index (χ2n) is 22.6. The molecule has 20 nitrogen and oxygen atoms in total. The van der Waals surface area contributed by atoms with Gasteiger partial charge in [0.05, 0.1) is 46.9 Å². The van der Waals surface area contributed by atoms with E-state index in [9.17, 15) is 19.2 Å². The zero-order chi connectivity index (χ0) is 58.4. The van der Waals surface area contributed by atoms with Crippen molar-refractivity contribution in [1.82, 2.24) is 60.5 Å². The molecule has 6 amide bonds. The summed E-state index contributed by atoms with van der Waals surface area (Å²) in [6.07, 6.45) is 7.01. The van der Waals surface area contributed by atoms with Gasteiger partial charge in [0.2, 0.25) is 23.6 Å². The molecular formula is C64H74N12O8. The molecule has 0 spiro atoms. The van der Waals surface area contributed by atoms with Crippen LogP contribution in [0.4, 0.5) is 0 Å². The smallest absolute Gasteiger partial charge is 0.251 e. The molecule has 8 unspecified atom stereocenters. The van der Waals surface area contributed by atoms with Crippen molar-refractivity contribution < 1.29 is 38.2 Å². The SMILES string of the molecule is CNC(C)C(=O)NC(C(=O)N1CC(NC(=O)c2ccc(C(=O)NC3CC(c4cn5c(-c6ccccc6)cccc5n4)N(C(=O)C(NC(=O)C(C)NC)C4CCOCC4)C3)cc2)CC1c1cn2c(-c3ccccc3)cccc2n1)C1CCOCC1. The average Bonchev–Trinajstić information content (AvgIpc) is 2.65. The van der Waals surface area contributed by atoms with Gasteiger partial charge in [-0.2, -0.15) is 0 Å². The fraction of sp³-hybridized carbons (Fsp3) is 0.406. The molecule has 84 heavy (non-hydrogen) atoms. The second kappa shape index (κ2) is 25.7. The summed E-state index contributed by atoms with van der Waals surface area (Å²) in [4.78, 5) is 99.5. The van der Waals surface area contributed by atoms with Gasteiger partial charge < -0.3 is 51.2 Å². The molecule has 4 aromatic heterocycles. The first-order valence-corrected chi connectivity index (χ1v) is 29.4. The van der Waals surface area contributed by atoms with Crippen molar-refractivity contribution in [3.05, 3.63) is 156 Å². The summed E-state index contributed by atoms with van der Waals surface area (Å²) in [5, 5.41) is 18.5. The summed E-state index contributed by atoms with van der Waals surface area (Å²) in [7, 11) is 3.40. The number of nitrogens with zero attached hydrogens (tertiary/aromatic N) is 6. The lowest BCUT2D eigenvalue weighted by Crippen LogP contribution is -2.56. The fourth-order valence-electron chi connectivity index (χ4n) is 12.3. The fourth-order valence-corrected chi connectivity index (χ4v) is 12.3. The summed E-state index contributed by atoms with van der Waals surface area (Å²) in [5.41, 5.74) is 7.21. The Kier molecular flexibility index (Phi) is 17.6. The molecule has 4 aliphatic rings. The number of fused-ring (bicyclic) bond motifs is 2. The third kappa shape index (κ3) is 12.3. The summed E-state index contributed by atoms with van der Waals surface area (Å²) in [5.74, 6) is -2.19. The van der Waals surface area contributed by atoms with E-state index < -0.39 is 48.3 Å². The van der Waals surface area contributed by atoms with Gasteiger partial charge in [0.25, 0.3) is 11.8 Å². The van der Waals surface area contributed by atoms with E-state index in [1.54, 1.807) is 62.0 Å². The minimum absolute atomic E-state index is 0.161. The standard InChI is InChI=1S/C64H74N12O8/c1-39(65-3)59(77)71-57(43-25-29-83-30-26-43)63(81)75-35-47(33-53(75)49-37-73-51(17-11-19-55(73)69-49)41-13-7-5-8-14-41)67-61(79)45-21-23-46(24-22-45)62(80)68-48-34-54(50-38-74-52(18-12-20-56(74)70-50)42-15-9-6-10-16-42)76(36-48)64(82)58(44-27-31-84-32-28-44)72-60(78)40(2)66-4/h5-24,37-40,43-44,47-48,53-54,57-58,65-66H,25-36H2,1-4H3,(H,67,79)(H,68,80)(H,71,77)(H,72,78). The average molecular weight is 1140 g/mol. The third-order valence-electron chi connectivity index (χ3n) is 17.3. The molecule has 0 radical (unpaired) electrons. The molecule has 438 valence electrons. The highest BCUT2D eigenvalue weighted by Gasteiger charge is 2.46. The lowest BCUT2D eigenvalue weighted by molar-refractivity contribution is -0.140. The Balaban J connectivity index is 0.827. The molecule has 0 saturated carbocycles. The van der Waals surface area contributed by atoms with Gasteiger partial charge in [-0.15, -0.1) is 0 Å². The van der Waals surface area contributed by atoms with Gasteiger partial charge in [-0.25, -0.2) is 9.97 Å². The number of benzene rings is 3. The molecule has 4 fully saturated rings. The number of likely N-dealkylation sites (tertiary alicyclic amines) is 2. The predicted molar refractivity (Wildman–Crippen MR) is 316 cm³/mol. The Hall–Kier alpha value is -8.30. The third-order valence-corrected chi connectivity index (χ3v) is 17.3. The summed E-state index contributed by atoms with van der Waals surface area (Å²) < 4.78 is 15.4. The van der Waals surface area contributed by atoms with E-state index in [2.05, 4.69) is 31.9 Å². The van der Waals surface area contributed by atoms with Gasteiger partial charge in [0, 0.05) is 75.1 Å². The van der Waals surface area contributed by atoms with Gasteiger partial charge in [0.15, 0.2) is 0 Å². The van der Waals surface area contributed by atoms with Crippen LogP contribution in [0.5, 0.6) is 0 Å². The van der Waals surface area contributed by atoms with Gasteiger partial charge in [-0.05, 0) is 138 Å². The van der Waals surface area contributed by atoms with Crippen molar-refractivity contribution in [3.63, 3.8) is 0 Å². The number of ether oxygens (including phenoxy) is 2. The summed E-state index contributed by atoms with van der Waals surface area (Å²) >= 11 is 0. The second-order valence-corrected chi connectivity index (χ2v) is 22.6. The largest absolute Gasteiger partial charge is 0.381 e. The minimum Gasteiger partial charge on any atom is -0.381 e. The molecule has 3 aromatic carbocycles. The number of hydrogen-bond donors (Lipinski definition) is 6. The first kappa shape index (κ1) is 57.5. The molecular weight excluding hydrogens is 1060 g/mol. The molecule has 6 N–H and O–H groups in total. The topological polar surface area (TPSA) is 234 Å². The van der Waals surface area contributed by atoms with E-state index in [0.29, 0.717) is 98.8 Å². The van der Waals surface area contributed by atoms with Crippen molar-refractivity contribution >= 4 is 46.7 Å². The highest BCUT2D eigenvalue weighted by molar-refractivity contribution is 5.98. The van der Waals surface area contributed by atoms with Crippen LogP contribution >= 0.6 is 0 Å². The Labute approximate surface area is 488 Å². The van der Waals surface area contributed by atoms with Crippen LogP contribution in [0.1, 0.15) is 96.6 Å². The predicted octanol–water partition coefficient (Wildman–Crippen LogP) is 5.50. The number of carbonyl (C=O) groups excluding carboxylic acids is 6. The van der Waals surface area contributed by atoms with Crippen LogP contribution in [0.2, 0.25) is 0 Å². The van der Waals surface area contributed by atoms with Crippen LogP contribution in [0.3, 0.4) is 0 Å². The van der Waals surface area contributed by atoms with Gasteiger partial charge in [-0.1, -0.05) is 72.8 Å². The molecule has 0 bridgehead atoms. The Morgan fingerprint density at radius 3 is 1.25 bits per heavy atom. The van der Waals surface area contributed by atoms with E-state index in [4.69, 9.17) is 19.4 Å². The Morgan fingerprint density at radius 1 is 0.500 bits per heavy atom. The van der Waals surface area contributed by atoms with Gasteiger partial charge >= 0.3 is 0 Å². The van der Waals surface area contributed by atoms with Crippen molar-refractivity contribution in [2.75, 3.05) is 53.6 Å². The van der Waals surface area contributed by atoms with Crippen LogP contribution < -0.4 is 31.9 Å². The summed E-state index contributed by atoms with van der Waals surface area (Å²) in [6.45, 7) is 5.72. The van der Waals surface area contributed by atoms with Crippen molar-refractivity contribution in [3.8, 4) is 22.5 Å². The lowest BCUT2D eigenvalue weighted by atomic mass is 9.90. The number of hydrogen-bond acceptors (Lipinski definition) is 12. The minimum atomic E-state index is -0.837. The molecule has 20 heteroatoms. The normalized spacial score (nSPS) is 21.0. The van der Waals surface area contributed by atoms with E-state index in [1.807, 2.05) is 118 Å². The van der Waals surface area contributed by atoms with Gasteiger partial charge in [-0.3, -0.25) is 37.6 Å². The number of nitrogens with one attached hydrogen (secondary N) is 6. The van der Waals surface area contributed by atoms with Crippen LogP contribution in [-0.4, -0.2) is 154 Å². The number of amides is 6. The maximum absolute atomic E-state index is 15.1. The molecule has 11 rings (SSSR count). The number of rotatable bonds is 18. The number of imidazole rings is 2. The van der Waals surface area contributed by atoms with Crippen molar-refractivity contribution in [1.29, 1.82) is 0 Å². The zero-order valence-corrected chi connectivity index (χ0v) is 47.9. The highest BCUT2D eigenvalue weighted by Crippen LogP contribution is 2.38. The first-order chi connectivity index (χ1) is 40.8. The van der Waals surface area contributed by atoms with E-state index in [1.165, 1.54) is 0 Å². The maximum atomic E-state index is 15.1. The summed E-state index contributed by atoms with van der Waals surface area (Å²) in [6, 6.07) is 33.4. The zero-order valence-electron chi connectivity index (χ0n) is 47.9. The quantitative estimate of drug-likeness (QED) is 0.0626. The molecule has 0 aliphatic carbocycles. The van der Waals surface area contributed by atoms with E-state index in [-0.39, 0.29) is 60.4 Å². The van der Waals surface area contributed by atoms with E-state index >= 15 is 9.59 Å². The van der Waals surface area contributed by atoms with Crippen molar-refractivity contribution in [2.24, 2.45) is 11.8 Å². The highest BCUT2D eigenvalue weighted by atomic mass is 16.5. The number of carbonyl (C=O) groups is 6. The molecule has 4 saturated heterocycles. The van der Waals surface area contributed by atoms with Crippen LogP contribution in [0, 0.1) is 11.8 Å². The Morgan fingerprint density at radius 2 is 0.881 bits per heavy atom. The van der Waals surface area contributed by atoms with Crippen LogP contribution in [0.25, 0.3) is 33.8 Å². The van der Waals surface area contributed by atoms with Crippen LogP contribution in [0.15, 0.2) is 134 Å². The molecule has 8 atom stereocenters. The maximum Gasteiger partial charge on any atom is 0.251 e. The molecule has 7 aromatic rings. The first-order valence-electron chi connectivity index (χ1n) is 29.4.